The molecule has 33 heteroatoms. The molecule has 1 saturated carbocycles. The largest absolute Gasteiger partial charge is 0.756 e. The molecule has 0 aromatic carbocycles. The Morgan fingerprint density at radius 2 is 1.08 bits per heavy atom. The van der Waals surface area contributed by atoms with Gasteiger partial charge < -0.3 is 79.0 Å². The Hall–Kier alpha value is -3.61. The zero-order valence-electron chi connectivity index (χ0n) is 31.6. The summed E-state index contributed by atoms with van der Waals surface area (Å²) in [5.41, 5.74) is 10.1. The van der Waals surface area contributed by atoms with Gasteiger partial charge in [-0.05, 0) is 0 Å². The topological polar surface area (TPSA) is 444 Å². The summed E-state index contributed by atoms with van der Waals surface area (Å²) in [6, 6.07) is 0. The number of ether oxygens (including phenoxy) is 2. The molecule has 0 spiro atoms. The second kappa shape index (κ2) is 16.8. The number of anilines is 2. The summed E-state index contributed by atoms with van der Waals surface area (Å²) in [7, 11) is -13.1. The Balaban J connectivity index is 0.979. The number of nitrogens with zero attached hydrogens (tertiary/aromatic N) is 6. The van der Waals surface area contributed by atoms with Gasteiger partial charge in [0.2, 0.25) is 23.5 Å². The summed E-state index contributed by atoms with van der Waals surface area (Å²) in [5, 5.41) is 42.9. The number of aryl methyl sites for hydroxylation is 2. The molecule has 3 fully saturated rings. The second-order valence-corrected chi connectivity index (χ2v) is 18.4. The van der Waals surface area contributed by atoms with Crippen molar-refractivity contribution in [2.24, 2.45) is 14.1 Å². The number of nitrogens with two attached hydrogens (primary N) is 2. The zero-order valence-corrected chi connectivity index (χ0v) is 34.3. The van der Waals surface area contributed by atoms with Gasteiger partial charge in [-0.15, -0.1) is 0 Å². The van der Waals surface area contributed by atoms with Crippen LogP contribution in [0.5, 0.6) is 0 Å². The second-order valence-electron chi connectivity index (χ2n) is 14.5. The van der Waals surface area contributed by atoms with Crippen LogP contribution < -0.4 is 41.5 Å². The third kappa shape index (κ3) is 9.66. The summed E-state index contributed by atoms with van der Waals surface area (Å²) in [5.74, 6) is -0.528. The van der Waals surface area contributed by atoms with Gasteiger partial charge in [-0.2, -0.15) is 0 Å². The fraction of sp³-hybridized carbons (Fsp3) is 0.643. The van der Waals surface area contributed by atoms with Gasteiger partial charge in [0.15, 0.2) is 12.7 Å². The maximum absolute atomic E-state index is 13.0. The summed E-state index contributed by atoms with van der Waals surface area (Å²) in [6.07, 6.45) is -16.5. The number of aliphatic hydroxyl groups is 4. The van der Waals surface area contributed by atoms with Crippen molar-refractivity contribution in [2.75, 3.05) is 24.7 Å². The van der Waals surface area contributed by atoms with E-state index >= 15 is 0 Å². The summed E-state index contributed by atoms with van der Waals surface area (Å²) in [6.45, 7) is -1.88. The van der Waals surface area contributed by atoms with Crippen molar-refractivity contribution in [2.45, 2.75) is 86.7 Å². The van der Waals surface area contributed by atoms with Crippen molar-refractivity contribution < 1.29 is 94.9 Å². The summed E-state index contributed by atoms with van der Waals surface area (Å²) in [4.78, 5) is 82.5. The highest BCUT2D eigenvalue weighted by Gasteiger charge is 2.49. The number of nitrogen functional groups attached to an aromatic ring is 2. The highest BCUT2D eigenvalue weighted by Crippen LogP contribution is 2.50. The van der Waals surface area contributed by atoms with Crippen LogP contribution >= 0.6 is 23.5 Å². The number of imidazole rings is 2. The maximum Gasteiger partial charge on any atom is 0.469 e. The molecular formula is C28H41N10O20P3. The van der Waals surface area contributed by atoms with Crippen molar-refractivity contribution in [3.63, 3.8) is 0 Å². The summed E-state index contributed by atoms with van der Waals surface area (Å²) >= 11 is 0. The van der Waals surface area contributed by atoms with Crippen molar-refractivity contribution in [1.29, 1.82) is 0 Å². The number of nitrogens with one attached hydrogen (secondary N) is 2. The average Bonchev–Trinajstić information content (AvgIpc) is 3.82. The van der Waals surface area contributed by atoms with Gasteiger partial charge in [0, 0.05) is 19.3 Å². The standard InChI is InChI=1S/C28H41N10O20P3/c1-35-8-37(21-15(35)23(43)33-27(29)31-21)25-19(41)17(39)13(54-25)6-52-60(48,49)57-11-3-10(56-59(45,46)47)4-12(5-11)58-61(50,51)53-7-14-18(40)20(42)26(55-14)38-9-36(2)16-22(38)32-28(30)34-24(16)44/h8-14,17-20,25-26,39-42H,3-7H2,1-2H3,(H8-2,29,30,31,32,33,34,43,44,45,46,47,48,49,50,51)/t10?,11-,12+,13-,14-,17-,18-,19-,20-,25-,26-/m1/s1. The number of aromatic amines is 2. The number of H-pyrrole nitrogens is 2. The highest BCUT2D eigenvalue weighted by atomic mass is 31.2. The number of aromatic nitrogens is 8. The first kappa shape index (κ1) is 45.4. The van der Waals surface area contributed by atoms with E-state index in [4.69, 9.17) is 43.6 Å². The average molecular weight is 931 g/mol. The van der Waals surface area contributed by atoms with Crippen molar-refractivity contribution in [3.8, 4) is 0 Å². The Morgan fingerprint density at radius 1 is 0.721 bits per heavy atom. The van der Waals surface area contributed by atoms with E-state index in [0.29, 0.717) is 0 Å². The molecule has 61 heavy (non-hydrogen) atoms. The lowest BCUT2D eigenvalue weighted by molar-refractivity contribution is -0.746. The van der Waals surface area contributed by atoms with Crippen LogP contribution in [0.3, 0.4) is 0 Å². The van der Waals surface area contributed by atoms with Gasteiger partial charge in [0.05, 0.1) is 45.6 Å². The van der Waals surface area contributed by atoms with Crippen LogP contribution in [0.4, 0.5) is 11.9 Å². The molecule has 0 radical (unpaired) electrons. The van der Waals surface area contributed by atoms with E-state index in [-0.39, 0.29) is 34.2 Å². The summed E-state index contributed by atoms with van der Waals surface area (Å²) < 4.78 is 78.9. The quantitative estimate of drug-likeness (QED) is 0.0415. The third-order valence-corrected chi connectivity index (χ3v) is 12.6. The molecule has 6 heterocycles. The molecule has 4 aromatic heterocycles. The molecule has 3 aliphatic rings. The van der Waals surface area contributed by atoms with Crippen LogP contribution in [0.15, 0.2) is 22.2 Å². The smallest absolute Gasteiger partial charge is 0.469 e. The first-order valence-electron chi connectivity index (χ1n) is 18.0. The maximum atomic E-state index is 13.0. The number of phosphoric ester groups is 3. The van der Waals surface area contributed by atoms with Gasteiger partial charge >= 0.3 is 19.1 Å². The first-order chi connectivity index (χ1) is 28.4. The fourth-order valence-electron chi connectivity index (χ4n) is 7.48. The van der Waals surface area contributed by atoms with Gasteiger partial charge in [-0.25, -0.2) is 13.7 Å². The van der Waals surface area contributed by atoms with Crippen LogP contribution in [0.25, 0.3) is 22.3 Å². The third-order valence-electron chi connectivity index (χ3n) is 10.0. The van der Waals surface area contributed by atoms with E-state index in [0.717, 1.165) is 0 Å². The lowest BCUT2D eigenvalue weighted by atomic mass is 9.93. The van der Waals surface area contributed by atoms with E-state index in [2.05, 4.69) is 19.9 Å². The lowest BCUT2D eigenvalue weighted by Crippen LogP contribution is -2.46. The van der Waals surface area contributed by atoms with E-state index in [1.165, 1.54) is 45.0 Å². The number of hydrogen-bond donors (Lipinski definition) is 10. The molecule has 1 aliphatic carbocycles. The minimum atomic E-state index is -5.44. The van der Waals surface area contributed by atoms with Crippen LogP contribution in [-0.2, 0) is 59.9 Å². The molecule has 7 rings (SSSR count). The fourth-order valence-corrected chi connectivity index (χ4v) is 9.90. The SMILES string of the molecule is Cn1c[n+]([C@@H]2O[C@H](COP(=O)([O-])O[C@@H]3CC(OP(=O)(O)O)C[C@H](OP(=O)([O-])OC[C@H]4O[C@@H]([n+]5cn(C)c6c(=O)[nH]c(N)nc65)[C@H](O)[C@@H]4O)C3)[C@@H](O)[C@H]2O)c2nc(N)[nH]c(=O)c21. The minimum absolute atomic E-state index is 0.0315. The molecule has 0 bridgehead atoms. The van der Waals surface area contributed by atoms with E-state index < -0.39 is 134 Å². The van der Waals surface area contributed by atoms with Crippen LogP contribution in [-0.4, -0.2) is 127 Å². The van der Waals surface area contributed by atoms with Gasteiger partial charge in [-0.1, -0.05) is 9.97 Å². The Morgan fingerprint density at radius 3 is 1.44 bits per heavy atom. The Kier molecular flexibility index (Phi) is 12.5. The van der Waals surface area contributed by atoms with Crippen LogP contribution in [0.2, 0.25) is 0 Å². The molecule has 0 amide bonds. The lowest BCUT2D eigenvalue weighted by Gasteiger charge is -2.39. The zero-order chi connectivity index (χ0) is 44.5. The van der Waals surface area contributed by atoms with E-state index in [1.54, 1.807) is 0 Å². The molecule has 4 aromatic rings. The highest BCUT2D eigenvalue weighted by molar-refractivity contribution is 7.46. The van der Waals surface area contributed by atoms with E-state index in [9.17, 15) is 63.3 Å². The number of aliphatic hydroxyl groups excluding tert-OH is 4. The molecule has 2 saturated heterocycles. The molecule has 2 aliphatic heterocycles. The predicted molar refractivity (Wildman–Crippen MR) is 191 cm³/mol. The minimum Gasteiger partial charge on any atom is -0.756 e. The van der Waals surface area contributed by atoms with Crippen LogP contribution in [0, 0.1) is 0 Å². The number of fused-ring (bicyclic) bond motifs is 2. The molecule has 338 valence electrons. The molecule has 13 atom stereocenters. The van der Waals surface area contributed by atoms with Gasteiger partial charge in [-0.3, -0.25) is 42.3 Å². The molecule has 30 nitrogen and oxygen atoms in total. The van der Waals surface area contributed by atoms with Crippen LogP contribution in [0.1, 0.15) is 31.7 Å². The normalized spacial score (nSPS) is 31.8. The van der Waals surface area contributed by atoms with Crippen molar-refractivity contribution >= 4 is 57.7 Å². The first-order valence-corrected chi connectivity index (χ1v) is 22.4. The number of phosphoric acid groups is 3. The molecular weight excluding hydrogens is 889 g/mol. The number of hydrogen-bond acceptors (Lipinski definition) is 22. The number of rotatable bonds is 14. The monoisotopic (exact) mass is 930 g/mol. The predicted octanol–water partition coefficient (Wildman–Crippen LogP) is -6.08. The van der Waals surface area contributed by atoms with Crippen molar-refractivity contribution in [3.05, 3.63) is 33.4 Å². The van der Waals surface area contributed by atoms with Crippen molar-refractivity contribution in [1.82, 2.24) is 29.1 Å². The van der Waals surface area contributed by atoms with Gasteiger partial charge in [0.1, 0.15) is 36.6 Å². The van der Waals surface area contributed by atoms with Gasteiger partial charge in [0.25, 0.3) is 38.7 Å². The Labute approximate surface area is 340 Å². The Bertz CT molecular complexity index is 2400. The molecule has 12 N–H and O–H groups in total. The van der Waals surface area contributed by atoms with E-state index in [1.807, 2.05) is 0 Å². The molecule has 3 unspecified atom stereocenters.